The van der Waals surface area contributed by atoms with Crippen LogP contribution in [0.4, 0.5) is 5.69 Å². The Morgan fingerprint density at radius 1 is 1.50 bits per heavy atom. The number of aromatic nitrogens is 2. The lowest BCUT2D eigenvalue weighted by molar-refractivity contribution is 0.227. The number of piperidine rings is 1. The van der Waals surface area contributed by atoms with E-state index in [1.807, 2.05) is 6.92 Å². The Balaban J connectivity index is 2.10. The van der Waals surface area contributed by atoms with Crippen LogP contribution in [0.2, 0.25) is 5.02 Å². The summed E-state index contributed by atoms with van der Waals surface area (Å²) in [6, 6.07) is 0.337. The van der Waals surface area contributed by atoms with Crippen molar-refractivity contribution < 1.29 is 0 Å². The Hall–Kier alpha value is -1.07. The molecule has 1 atom stereocenters. The Labute approximate surface area is 124 Å². The molecule has 1 aromatic rings. The lowest BCUT2D eigenvalue weighted by atomic mass is 10.1. The highest BCUT2D eigenvalue weighted by molar-refractivity contribution is 6.32. The van der Waals surface area contributed by atoms with Gasteiger partial charge in [-0.3, -0.25) is 4.79 Å². The van der Waals surface area contributed by atoms with Crippen LogP contribution in [0.25, 0.3) is 0 Å². The number of nitrogens with one attached hydrogen (secondary N) is 1. The van der Waals surface area contributed by atoms with Crippen LogP contribution in [0.3, 0.4) is 0 Å². The summed E-state index contributed by atoms with van der Waals surface area (Å²) in [5.74, 6) is 0. The zero-order valence-electron chi connectivity index (χ0n) is 12.2. The smallest absolute Gasteiger partial charge is 0.287 e. The van der Waals surface area contributed by atoms with Crippen LogP contribution in [0.5, 0.6) is 0 Å². The fourth-order valence-corrected chi connectivity index (χ4v) is 2.82. The van der Waals surface area contributed by atoms with Crippen molar-refractivity contribution in [1.29, 1.82) is 0 Å². The minimum absolute atomic E-state index is 0.207. The van der Waals surface area contributed by atoms with Crippen molar-refractivity contribution >= 4 is 17.3 Å². The van der Waals surface area contributed by atoms with Crippen LogP contribution < -0.4 is 10.9 Å². The SMILES string of the molecule is CCCn1ncc(NC2CCCN(CC)C2)c(Cl)c1=O. The lowest BCUT2D eigenvalue weighted by Gasteiger charge is -2.32. The van der Waals surface area contributed by atoms with Gasteiger partial charge in [0.05, 0.1) is 11.9 Å². The summed E-state index contributed by atoms with van der Waals surface area (Å²) in [6.45, 7) is 7.98. The lowest BCUT2D eigenvalue weighted by Crippen LogP contribution is -2.42. The highest BCUT2D eigenvalue weighted by Crippen LogP contribution is 2.20. The number of anilines is 1. The van der Waals surface area contributed by atoms with Gasteiger partial charge in [0.15, 0.2) is 0 Å². The van der Waals surface area contributed by atoms with Crippen LogP contribution in [-0.2, 0) is 6.54 Å². The maximum atomic E-state index is 12.1. The molecule has 0 aliphatic carbocycles. The Morgan fingerprint density at radius 2 is 2.30 bits per heavy atom. The Morgan fingerprint density at radius 3 is 3.00 bits per heavy atom. The van der Waals surface area contributed by atoms with Crippen LogP contribution in [0, 0.1) is 0 Å². The van der Waals surface area contributed by atoms with Gasteiger partial charge >= 0.3 is 0 Å². The van der Waals surface area contributed by atoms with E-state index in [1.165, 1.54) is 11.1 Å². The fraction of sp³-hybridized carbons (Fsp3) is 0.714. The van der Waals surface area contributed by atoms with E-state index >= 15 is 0 Å². The maximum Gasteiger partial charge on any atom is 0.287 e. The van der Waals surface area contributed by atoms with Crippen molar-refractivity contribution in [3.05, 3.63) is 21.6 Å². The molecule has 112 valence electrons. The van der Waals surface area contributed by atoms with E-state index in [9.17, 15) is 4.79 Å². The molecule has 1 fully saturated rings. The number of likely N-dealkylation sites (tertiary alicyclic amines) is 1. The third-order valence-corrected chi connectivity index (χ3v) is 4.10. The van der Waals surface area contributed by atoms with Gasteiger partial charge < -0.3 is 10.2 Å². The number of nitrogens with zero attached hydrogens (tertiary/aromatic N) is 3. The molecule has 1 aliphatic heterocycles. The third-order valence-electron chi connectivity index (χ3n) is 3.73. The molecule has 1 saturated heterocycles. The first-order valence-corrected chi connectivity index (χ1v) is 7.78. The van der Waals surface area contributed by atoms with E-state index in [4.69, 9.17) is 11.6 Å². The van der Waals surface area contributed by atoms with Crippen molar-refractivity contribution in [2.45, 2.75) is 45.7 Å². The molecule has 0 amide bonds. The molecule has 0 aromatic carbocycles. The van der Waals surface area contributed by atoms with Crippen LogP contribution in [0.15, 0.2) is 11.0 Å². The molecular weight excluding hydrogens is 276 g/mol. The monoisotopic (exact) mass is 298 g/mol. The highest BCUT2D eigenvalue weighted by Gasteiger charge is 2.20. The largest absolute Gasteiger partial charge is 0.378 e. The van der Waals surface area contributed by atoms with Crippen LogP contribution in [-0.4, -0.2) is 40.4 Å². The summed E-state index contributed by atoms with van der Waals surface area (Å²) in [5.41, 5.74) is 0.452. The molecule has 0 bridgehead atoms. The van der Waals surface area contributed by atoms with E-state index in [0.717, 1.165) is 32.5 Å². The van der Waals surface area contributed by atoms with E-state index < -0.39 is 0 Å². The van der Waals surface area contributed by atoms with Gasteiger partial charge in [0.25, 0.3) is 5.56 Å². The molecular formula is C14H23ClN4O. The molecule has 2 heterocycles. The summed E-state index contributed by atoms with van der Waals surface area (Å²) in [4.78, 5) is 14.5. The second kappa shape index (κ2) is 7.09. The van der Waals surface area contributed by atoms with Crippen LogP contribution in [0.1, 0.15) is 33.1 Å². The quantitative estimate of drug-likeness (QED) is 0.905. The van der Waals surface area contributed by atoms with Gasteiger partial charge in [0.2, 0.25) is 0 Å². The van der Waals surface area contributed by atoms with Crippen molar-refractivity contribution in [1.82, 2.24) is 14.7 Å². The standard InChI is InChI=1S/C14H23ClN4O/c1-3-7-19-14(20)13(15)12(9-16-19)17-11-6-5-8-18(4-2)10-11/h9,11,17H,3-8,10H2,1-2H3. The number of hydrogen-bond donors (Lipinski definition) is 1. The van der Waals surface area contributed by atoms with Gasteiger partial charge in [-0.15, -0.1) is 0 Å². The topological polar surface area (TPSA) is 50.2 Å². The van der Waals surface area contributed by atoms with E-state index in [2.05, 4.69) is 22.2 Å². The van der Waals surface area contributed by atoms with Crippen molar-refractivity contribution in [2.24, 2.45) is 0 Å². The molecule has 1 N–H and O–H groups in total. The highest BCUT2D eigenvalue weighted by atomic mass is 35.5. The van der Waals surface area contributed by atoms with Gasteiger partial charge in [-0.25, -0.2) is 4.68 Å². The number of rotatable bonds is 5. The average molecular weight is 299 g/mol. The van der Waals surface area contributed by atoms with Crippen molar-refractivity contribution in [2.75, 3.05) is 25.0 Å². The summed E-state index contributed by atoms with van der Waals surface area (Å²) in [6.07, 6.45) is 4.81. The number of aryl methyl sites for hydroxylation is 1. The maximum absolute atomic E-state index is 12.1. The first kappa shape index (κ1) is 15.3. The molecule has 20 heavy (non-hydrogen) atoms. The van der Waals surface area contributed by atoms with Gasteiger partial charge in [0, 0.05) is 19.1 Å². The molecule has 1 aliphatic rings. The van der Waals surface area contributed by atoms with Crippen molar-refractivity contribution in [3.8, 4) is 0 Å². The first-order chi connectivity index (χ1) is 9.65. The van der Waals surface area contributed by atoms with Gasteiger partial charge in [-0.05, 0) is 32.4 Å². The Bertz CT molecular complexity index is 502. The van der Waals surface area contributed by atoms with E-state index in [-0.39, 0.29) is 10.6 Å². The third kappa shape index (κ3) is 3.52. The second-order valence-corrected chi connectivity index (χ2v) is 5.66. The summed E-state index contributed by atoms with van der Waals surface area (Å²) in [5, 5.41) is 7.80. The minimum atomic E-state index is -0.207. The first-order valence-electron chi connectivity index (χ1n) is 7.40. The summed E-state index contributed by atoms with van der Waals surface area (Å²) in [7, 11) is 0. The van der Waals surface area contributed by atoms with Gasteiger partial charge in [0.1, 0.15) is 5.02 Å². The minimum Gasteiger partial charge on any atom is -0.378 e. The fourth-order valence-electron chi connectivity index (χ4n) is 2.62. The molecule has 2 rings (SSSR count). The average Bonchev–Trinajstić information content (AvgIpc) is 2.47. The van der Waals surface area contributed by atoms with Gasteiger partial charge in [-0.2, -0.15) is 5.10 Å². The number of likely N-dealkylation sites (N-methyl/N-ethyl adjacent to an activating group) is 1. The zero-order chi connectivity index (χ0) is 14.5. The molecule has 5 nitrogen and oxygen atoms in total. The normalized spacial score (nSPS) is 20.1. The van der Waals surface area contributed by atoms with Gasteiger partial charge in [-0.1, -0.05) is 25.4 Å². The molecule has 0 spiro atoms. The molecule has 0 radical (unpaired) electrons. The summed E-state index contributed by atoms with van der Waals surface area (Å²) < 4.78 is 1.42. The zero-order valence-corrected chi connectivity index (χ0v) is 13.0. The predicted octanol–water partition coefficient (Wildman–Crippen LogP) is 2.20. The predicted molar refractivity (Wildman–Crippen MR) is 82.6 cm³/mol. The number of hydrogen-bond acceptors (Lipinski definition) is 4. The molecule has 6 heteroatoms. The van der Waals surface area contributed by atoms with E-state index in [1.54, 1.807) is 6.20 Å². The Kier molecular flexibility index (Phi) is 5.43. The molecule has 1 aromatic heterocycles. The van der Waals surface area contributed by atoms with Crippen LogP contribution >= 0.6 is 11.6 Å². The second-order valence-electron chi connectivity index (χ2n) is 5.28. The van der Waals surface area contributed by atoms with E-state index in [0.29, 0.717) is 18.3 Å². The molecule has 1 unspecified atom stereocenters. The number of halogens is 1. The summed E-state index contributed by atoms with van der Waals surface area (Å²) >= 11 is 6.17. The van der Waals surface area contributed by atoms with Crippen molar-refractivity contribution in [3.63, 3.8) is 0 Å². The molecule has 0 saturated carbocycles.